The summed E-state index contributed by atoms with van der Waals surface area (Å²) >= 11 is 6.20. The fourth-order valence-corrected chi connectivity index (χ4v) is 1.98. The van der Waals surface area contributed by atoms with Crippen LogP contribution in [0.25, 0.3) is 0 Å². The Labute approximate surface area is 100 Å². The second kappa shape index (κ2) is 5.15. The third kappa shape index (κ3) is 2.11. The van der Waals surface area contributed by atoms with E-state index in [4.69, 9.17) is 16.3 Å². The van der Waals surface area contributed by atoms with E-state index in [1.807, 2.05) is 20.8 Å². The molecule has 0 heterocycles. The Balaban J connectivity index is 3.50. The minimum absolute atomic E-state index is 0.249. The van der Waals surface area contributed by atoms with Crippen molar-refractivity contribution in [1.82, 2.24) is 0 Å². The van der Waals surface area contributed by atoms with Crippen molar-refractivity contribution in [2.75, 3.05) is 7.11 Å². The van der Waals surface area contributed by atoms with E-state index in [2.05, 4.69) is 4.99 Å². The second-order valence-corrected chi connectivity index (χ2v) is 3.99. The van der Waals surface area contributed by atoms with Gasteiger partial charge in [0.2, 0.25) is 6.08 Å². The molecule has 0 N–H and O–H groups in total. The standard InChI is InChI=1S/C12H14ClNO2/c1-7-8(2)12(16-4)10(5-14-6-15)9(3)11(7)13/h5H2,1-4H3. The van der Waals surface area contributed by atoms with Crippen molar-refractivity contribution in [3.8, 4) is 5.75 Å². The summed E-state index contributed by atoms with van der Waals surface area (Å²) in [6.07, 6.45) is 1.52. The minimum atomic E-state index is 0.249. The van der Waals surface area contributed by atoms with E-state index in [1.54, 1.807) is 7.11 Å². The van der Waals surface area contributed by atoms with E-state index >= 15 is 0 Å². The molecule has 0 unspecified atom stereocenters. The average Bonchev–Trinajstić information content (AvgIpc) is 2.29. The van der Waals surface area contributed by atoms with Crippen LogP contribution in [0.1, 0.15) is 22.3 Å². The van der Waals surface area contributed by atoms with Gasteiger partial charge in [-0.1, -0.05) is 11.6 Å². The number of nitrogens with zero attached hydrogens (tertiary/aromatic N) is 1. The molecular formula is C12H14ClNO2. The van der Waals surface area contributed by atoms with Crippen LogP contribution in [0.2, 0.25) is 5.02 Å². The van der Waals surface area contributed by atoms with Crippen molar-refractivity contribution in [1.29, 1.82) is 0 Å². The summed E-state index contributed by atoms with van der Waals surface area (Å²) in [6.45, 7) is 6.03. The second-order valence-electron chi connectivity index (χ2n) is 3.61. The van der Waals surface area contributed by atoms with Crippen LogP contribution in [-0.4, -0.2) is 13.2 Å². The molecule has 0 fully saturated rings. The zero-order valence-electron chi connectivity index (χ0n) is 9.85. The predicted octanol–water partition coefficient (Wildman–Crippen LogP) is 3.11. The third-order valence-corrected chi connectivity index (χ3v) is 3.36. The molecule has 0 aromatic heterocycles. The van der Waals surface area contributed by atoms with E-state index < -0.39 is 0 Å². The molecule has 16 heavy (non-hydrogen) atoms. The zero-order valence-corrected chi connectivity index (χ0v) is 10.6. The lowest BCUT2D eigenvalue weighted by molar-refractivity contribution is 0.406. The topological polar surface area (TPSA) is 38.7 Å². The molecule has 3 nitrogen and oxygen atoms in total. The van der Waals surface area contributed by atoms with Gasteiger partial charge in [0.25, 0.3) is 0 Å². The van der Waals surface area contributed by atoms with E-state index in [0.717, 1.165) is 28.0 Å². The van der Waals surface area contributed by atoms with Crippen LogP contribution in [0.4, 0.5) is 0 Å². The molecule has 86 valence electrons. The Morgan fingerprint density at radius 2 is 1.88 bits per heavy atom. The summed E-state index contributed by atoms with van der Waals surface area (Å²) in [7, 11) is 1.60. The lowest BCUT2D eigenvalue weighted by atomic mass is 9.99. The van der Waals surface area contributed by atoms with Crippen molar-refractivity contribution in [3.63, 3.8) is 0 Å². The highest BCUT2D eigenvalue weighted by atomic mass is 35.5. The van der Waals surface area contributed by atoms with E-state index in [1.165, 1.54) is 6.08 Å². The molecule has 0 radical (unpaired) electrons. The molecule has 0 aliphatic heterocycles. The maximum Gasteiger partial charge on any atom is 0.235 e. The predicted molar refractivity (Wildman–Crippen MR) is 64.0 cm³/mol. The SMILES string of the molecule is COc1c(C)c(C)c(Cl)c(C)c1CN=C=O. The summed E-state index contributed by atoms with van der Waals surface area (Å²) < 4.78 is 5.34. The third-order valence-electron chi connectivity index (χ3n) is 2.79. The molecule has 1 aromatic carbocycles. The molecule has 0 atom stereocenters. The molecule has 0 saturated heterocycles. The number of ether oxygens (including phenoxy) is 1. The molecule has 0 aliphatic carbocycles. The van der Waals surface area contributed by atoms with Crippen LogP contribution < -0.4 is 4.74 Å². The first-order valence-electron chi connectivity index (χ1n) is 4.90. The summed E-state index contributed by atoms with van der Waals surface area (Å²) in [4.78, 5) is 13.7. The van der Waals surface area contributed by atoms with Gasteiger partial charge in [0.1, 0.15) is 5.75 Å². The van der Waals surface area contributed by atoms with E-state index in [-0.39, 0.29) is 6.54 Å². The molecule has 0 aliphatic rings. The molecule has 4 heteroatoms. The minimum Gasteiger partial charge on any atom is -0.496 e. The number of hydrogen-bond acceptors (Lipinski definition) is 3. The van der Waals surface area contributed by atoms with Gasteiger partial charge in [0.15, 0.2) is 0 Å². The fraction of sp³-hybridized carbons (Fsp3) is 0.417. The fourth-order valence-electron chi connectivity index (χ4n) is 1.72. The lowest BCUT2D eigenvalue weighted by Crippen LogP contribution is -2.01. The quantitative estimate of drug-likeness (QED) is 0.601. The van der Waals surface area contributed by atoms with Gasteiger partial charge in [-0.3, -0.25) is 0 Å². The number of methoxy groups -OCH3 is 1. The van der Waals surface area contributed by atoms with Gasteiger partial charge >= 0.3 is 0 Å². The number of halogens is 1. The maximum atomic E-state index is 10.2. The van der Waals surface area contributed by atoms with Gasteiger partial charge in [-0.25, -0.2) is 9.79 Å². The summed E-state index contributed by atoms with van der Waals surface area (Å²) in [5, 5.41) is 0.703. The van der Waals surface area contributed by atoms with Gasteiger partial charge in [0.05, 0.1) is 13.7 Å². The van der Waals surface area contributed by atoms with Gasteiger partial charge in [-0.15, -0.1) is 0 Å². The number of aliphatic imine (C=N–C) groups is 1. The van der Waals surface area contributed by atoms with Crippen molar-refractivity contribution in [3.05, 3.63) is 27.3 Å². The Morgan fingerprint density at radius 1 is 1.25 bits per heavy atom. The van der Waals surface area contributed by atoms with Crippen LogP contribution in [0.3, 0.4) is 0 Å². The largest absolute Gasteiger partial charge is 0.496 e. The molecule has 0 spiro atoms. The molecule has 0 amide bonds. The maximum absolute atomic E-state index is 10.2. The number of isocyanates is 1. The molecule has 1 rings (SSSR count). The Hall–Kier alpha value is -1.31. The smallest absolute Gasteiger partial charge is 0.235 e. The Kier molecular flexibility index (Phi) is 4.11. The van der Waals surface area contributed by atoms with Crippen molar-refractivity contribution >= 4 is 17.7 Å². The summed E-state index contributed by atoms with van der Waals surface area (Å²) in [6, 6.07) is 0. The molecule has 0 saturated carbocycles. The first-order chi connectivity index (χ1) is 7.54. The zero-order chi connectivity index (χ0) is 12.3. The van der Waals surface area contributed by atoms with Crippen LogP contribution in [0.15, 0.2) is 4.99 Å². The Morgan fingerprint density at radius 3 is 2.38 bits per heavy atom. The van der Waals surface area contributed by atoms with Crippen molar-refractivity contribution < 1.29 is 9.53 Å². The van der Waals surface area contributed by atoms with Crippen LogP contribution in [0, 0.1) is 20.8 Å². The summed E-state index contributed by atoms with van der Waals surface area (Å²) in [5.74, 6) is 0.749. The van der Waals surface area contributed by atoms with Crippen LogP contribution in [-0.2, 0) is 11.3 Å². The van der Waals surface area contributed by atoms with E-state index in [0.29, 0.717) is 5.02 Å². The van der Waals surface area contributed by atoms with Gasteiger partial charge in [-0.2, -0.15) is 0 Å². The summed E-state index contributed by atoms with van der Waals surface area (Å²) in [5.41, 5.74) is 3.73. The highest BCUT2D eigenvalue weighted by Crippen LogP contribution is 2.36. The van der Waals surface area contributed by atoms with Crippen LogP contribution in [0.5, 0.6) is 5.75 Å². The average molecular weight is 240 g/mol. The molecule has 1 aromatic rings. The van der Waals surface area contributed by atoms with Crippen LogP contribution >= 0.6 is 11.6 Å². The van der Waals surface area contributed by atoms with Crippen molar-refractivity contribution in [2.45, 2.75) is 27.3 Å². The Bertz CT molecular complexity index is 463. The van der Waals surface area contributed by atoms with Gasteiger partial charge in [0, 0.05) is 10.6 Å². The molecular weight excluding hydrogens is 226 g/mol. The highest BCUT2D eigenvalue weighted by Gasteiger charge is 2.16. The van der Waals surface area contributed by atoms with Gasteiger partial charge < -0.3 is 4.74 Å². The van der Waals surface area contributed by atoms with Crippen molar-refractivity contribution in [2.24, 2.45) is 4.99 Å². The number of hydrogen-bond donors (Lipinski definition) is 0. The highest BCUT2D eigenvalue weighted by molar-refractivity contribution is 6.32. The normalized spacial score (nSPS) is 9.81. The van der Waals surface area contributed by atoms with E-state index in [9.17, 15) is 4.79 Å². The van der Waals surface area contributed by atoms with Gasteiger partial charge in [-0.05, 0) is 37.5 Å². The first-order valence-corrected chi connectivity index (χ1v) is 5.28. The number of carbonyl (C=O) groups excluding carboxylic acids is 1. The number of benzene rings is 1. The monoisotopic (exact) mass is 239 g/mol. The lowest BCUT2D eigenvalue weighted by Gasteiger charge is -2.17. The first kappa shape index (κ1) is 12.8. The molecule has 0 bridgehead atoms. The number of rotatable bonds is 3.